The van der Waals surface area contributed by atoms with Gasteiger partial charge in [0.2, 0.25) is 0 Å². The van der Waals surface area contributed by atoms with Crippen molar-refractivity contribution in [1.82, 2.24) is 14.5 Å². The maximum atomic E-state index is 14.1. The highest BCUT2D eigenvalue weighted by Crippen LogP contribution is 2.42. The lowest BCUT2D eigenvalue weighted by atomic mass is 9.72. The number of aryl methyl sites for hydroxylation is 2. The molecule has 0 amide bonds. The fraction of sp³-hybridized carbons (Fsp3) is 0.133. The molecule has 0 aliphatic rings. The van der Waals surface area contributed by atoms with Gasteiger partial charge in [-0.3, -0.25) is 0 Å². The Balaban J connectivity index is 1.88. The Kier molecular flexibility index (Phi) is 5.78. The van der Waals surface area contributed by atoms with Crippen LogP contribution in [0.25, 0.3) is 22.0 Å². The Morgan fingerprint density at radius 1 is 0.919 bits per heavy atom. The first-order chi connectivity index (χ1) is 17.8. The SMILES string of the molecule is Cc1cc(C(C)(c2ccc(F)cc2)c2cncn2C)cc2c(C#N)c(-c3cccc(F)c3)c(C#N)nc12. The molecule has 1 unspecified atom stereocenters. The van der Waals surface area contributed by atoms with Gasteiger partial charge in [-0.1, -0.05) is 30.3 Å². The molecular weight excluding hydrogens is 468 g/mol. The summed E-state index contributed by atoms with van der Waals surface area (Å²) < 4.78 is 29.9. The van der Waals surface area contributed by atoms with E-state index in [-0.39, 0.29) is 22.6 Å². The zero-order valence-corrected chi connectivity index (χ0v) is 20.4. The third kappa shape index (κ3) is 3.82. The van der Waals surface area contributed by atoms with Crippen molar-refractivity contribution in [3.8, 4) is 23.3 Å². The minimum atomic E-state index is -0.766. The van der Waals surface area contributed by atoms with E-state index in [1.165, 1.54) is 30.3 Å². The Labute approximate surface area is 212 Å². The first-order valence-electron chi connectivity index (χ1n) is 11.6. The summed E-state index contributed by atoms with van der Waals surface area (Å²) in [7, 11) is 1.89. The van der Waals surface area contributed by atoms with Gasteiger partial charge < -0.3 is 4.57 Å². The average molecular weight is 490 g/mol. The molecule has 0 aliphatic carbocycles. The van der Waals surface area contributed by atoms with Crippen molar-refractivity contribution in [2.45, 2.75) is 19.3 Å². The molecule has 0 aliphatic heterocycles. The predicted molar refractivity (Wildman–Crippen MR) is 136 cm³/mol. The standard InChI is InChI=1S/C30H21F2N5/c1-18-11-21(30(2,27-16-35-17-37(27)3)20-7-9-22(31)10-8-20)13-24-25(14-33)28(26(15-34)36-29(18)24)19-5-4-6-23(32)12-19/h4-13,16-17H,1-3H3. The molecule has 3 aromatic carbocycles. The quantitative estimate of drug-likeness (QED) is 0.296. The third-order valence-electron chi connectivity index (χ3n) is 6.94. The number of rotatable bonds is 4. The van der Waals surface area contributed by atoms with Gasteiger partial charge in [-0.05, 0) is 66.4 Å². The zero-order chi connectivity index (χ0) is 26.3. The number of imidazole rings is 1. The van der Waals surface area contributed by atoms with Crippen LogP contribution in [-0.4, -0.2) is 14.5 Å². The molecule has 37 heavy (non-hydrogen) atoms. The Bertz CT molecular complexity index is 1760. The number of fused-ring (bicyclic) bond motifs is 1. The van der Waals surface area contributed by atoms with Crippen molar-refractivity contribution in [2.24, 2.45) is 7.05 Å². The van der Waals surface area contributed by atoms with E-state index in [0.717, 1.165) is 22.4 Å². The van der Waals surface area contributed by atoms with Crippen molar-refractivity contribution < 1.29 is 8.78 Å². The van der Waals surface area contributed by atoms with E-state index in [4.69, 9.17) is 0 Å². The number of hydrogen-bond donors (Lipinski definition) is 0. The molecular formula is C30H21F2N5. The molecule has 0 bridgehead atoms. The van der Waals surface area contributed by atoms with E-state index < -0.39 is 11.2 Å². The van der Waals surface area contributed by atoms with Gasteiger partial charge in [0.25, 0.3) is 0 Å². The minimum Gasteiger partial charge on any atom is -0.337 e. The van der Waals surface area contributed by atoms with Crippen LogP contribution in [-0.2, 0) is 12.5 Å². The maximum Gasteiger partial charge on any atom is 0.150 e. The normalized spacial score (nSPS) is 12.6. The van der Waals surface area contributed by atoms with E-state index in [0.29, 0.717) is 16.5 Å². The van der Waals surface area contributed by atoms with Gasteiger partial charge in [-0.25, -0.2) is 18.7 Å². The Hall–Kier alpha value is -4.88. The molecule has 2 heterocycles. The molecule has 0 spiro atoms. The van der Waals surface area contributed by atoms with Crippen LogP contribution in [0.2, 0.25) is 0 Å². The van der Waals surface area contributed by atoms with Crippen molar-refractivity contribution in [3.63, 3.8) is 0 Å². The second-order valence-electron chi connectivity index (χ2n) is 9.16. The van der Waals surface area contributed by atoms with Gasteiger partial charge in [0.15, 0.2) is 0 Å². The van der Waals surface area contributed by atoms with E-state index in [1.807, 2.05) is 37.6 Å². The van der Waals surface area contributed by atoms with Crippen LogP contribution >= 0.6 is 0 Å². The van der Waals surface area contributed by atoms with Gasteiger partial charge in [0.05, 0.1) is 28.5 Å². The number of halogens is 2. The lowest BCUT2D eigenvalue weighted by Gasteiger charge is -2.32. The van der Waals surface area contributed by atoms with Gasteiger partial charge in [0, 0.05) is 24.2 Å². The highest BCUT2D eigenvalue weighted by Gasteiger charge is 2.35. The summed E-state index contributed by atoms with van der Waals surface area (Å²) in [6.45, 7) is 3.89. The van der Waals surface area contributed by atoms with Crippen LogP contribution in [0, 0.1) is 41.2 Å². The summed E-state index contributed by atoms with van der Waals surface area (Å²) in [5.74, 6) is -0.819. The highest BCUT2D eigenvalue weighted by molar-refractivity contribution is 5.96. The van der Waals surface area contributed by atoms with Crippen molar-refractivity contribution in [1.29, 1.82) is 10.5 Å². The van der Waals surface area contributed by atoms with Gasteiger partial charge in [0.1, 0.15) is 29.5 Å². The minimum absolute atomic E-state index is 0.0541. The van der Waals surface area contributed by atoms with Crippen LogP contribution in [0.5, 0.6) is 0 Å². The van der Waals surface area contributed by atoms with E-state index in [2.05, 4.69) is 22.1 Å². The summed E-state index contributed by atoms with van der Waals surface area (Å²) in [4.78, 5) is 8.91. The fourth-order valence-electron chi connectivity index (χ4n) is 5.03. The summed E-state index contributed by atoms with van der Waals surface area (Å²) in [6, 6.07) is 20.3. The highest BCUT2D eigenvalue weighted by atomic mass is 19.1. The molecule has 5 rings (SSSR count). The summed E-state index contributed by atoms with van der Waals surface area (Å²) in [5, 5.41) is 20.7. The molecule has 0 radical (unpaired) electrons. The summed E-state index contributed by atoms with van der Waals surface area (Å²) in [5.41, 5.74) is 4.03. The molecule has 0 N–H and O–H groups in total. The van der Waals surface area contributed by atoms with Crippen LogP contribution in [0.1, 0.15) is 40.6 Å². The first kappa shape index (κ1) is 23.8. The monoisotopic (exact) mass is 489 g/mol. The largest absolute Gasteiger partial charge is 0.337 e. The zero-order valence-electron chi connectivity index (χ0n) is 20.4. The summed E-state index contributed by atoms with van der Waals surface area (Å²) >= 11 is 0. The second kappa shape index (κ2) is 8.96. The number of nitrogens with zero attached hydrogens (tertiary/aromatic N) is 5. The second-order valence-corrected chi connectivity index (χ2v) is 9.16. The smallest absolute Gasteiger partial charge is 0.150 e. The van der Waals surface area contributed by atoms with E-state index in [9.17, 15) is 19.3 Å². The topological polar surface area (TPSA) is 78.3 Å². The fourth-order valence-corrected chi connectivity index (χ4v) is 5.03. The van der Waals surface area contributed by atoms with Crippen molar-refractivity contribution in [2.75, 3.05) is 0 Å². The number of nitriles is 2. The number of pyridine rings is 1. The molecule has 0 saturated carbocycles. The van der Waals surface area contributed by atoms with Crippen LogP contribution < -0.4 is 0 Å². The lowest BCUT2D eigenvalue weighted by Crippen LogP contribution is -2.28. The molecule has 5 nitrogen and oxygen atoms in total. The predicted octanol–water partition coefficient (Wildman–Crippen LogP) is 6.32. The Morgan fingerprint density at radius 3 is 2.30 bits per heavy atom. The Morgan fingerprint density at radius 2 is 1.68 bits per heavy atom. The number of hydrogen-bond acceptors (Lipinski definition) is 4. The van der Waals surface area contributed by atoms with Gasteiger partial charge in [-0.15, -0.1) is 0 Å². The third-order valence-corrected chi connectivity index (χ3v) is 6.94. The molecule has 5 aromatic rings. The molecule has 1 atom stereocenters. The number of aromatic nitrogens is 3. The van der Waals surface area contributed by atoms with E-state index in [1.54, 1.807) is 30.7 Å². The lowest BCUT2D eigenvalue weighted by molar-refractivity contribution is 0.609. The summed E-state index contributed by atoms with van der Waals surface area (Å²) in [6.07, 6.45) is 3.47. The van der Waals surface area contributed by atoms with Crippen molar-refractivity contribution >= 4 is 10.9 Å². The number of benzene rings is 3. The van der Waals surface area contributed by atoms with Gasteiger partial charge >= 0.3 is 0 Å². The average Bonchev–Trinajstić information content (AvgIpc) is 3.33. The van der Waals surface area contributed by atoms with E-state index >= 15 is 0 Å². The van der Waals surface area contributed by atoms with Gasteiger partial charge in [-0.2, -0.15) is 10.5 Å². The van der Waals surface area contributed by atoms with Crippen LogP contribution in [0.15, 0.2) is 73.2 Å². The molecule has 0 fully saturated rings. The molecule has 0 saturated heterocycles. The van der Waals surface area contributed by atoms with Crippen LogP contribution in [0.4, 0.5) is 8.78 Å². The maximum absolute atomic E-state index is 14.1. The molecule has 2 aromatic heterocycles. The molecule has 7 heteroatoms. The molecule has 180 valence electrons. The van der Waals surface area contributed by atoms with Crippen molar-refractivity contribution in [3.05, 3.63) is 118 Å². The first-order valence-corrected chi connectivity index (χ1v) is 11.6. The van der Waals surface area contributed by atoms with Crippen LogP contribution in [0.3, 0.4) is 0 Å².